The lowest BCUT2D eigenvalue weighted by Crippen LogP contribution is -2.32. The zero-order valence-corrected chi connectivity index (χ0v) is 9.07. The molecule has 1 rings (SSSR count). The second kappa shape index (κ2) is 5.78. The van der Waals surface area contributed by atoms with E-state index in [1.54, 1.807) is 21.6 Å². The van der Waals surface area contributed by atoms with Gasteiger partial charge in [-0.25, -0.2) is 0 Å². The molecule has 0 spiro atoms. The van der Waals surface area contributed by atoms with Crippen molar-refractivity contribution >= 4 is 27.6 Å². The van der Waals surface area contributed by atoms with Crippen LogP contribution in [0.5, 0.6) is 0 Å². The number of hydrogen-bond acceptors (Lipinski definition) is 4. The molecule has 13 heavy (non-hydrogen) atoms. The van der Waals surface area contributed by atoms with E-state index in [4.69, 9.17) is 10.8 Å². The van der Waals surface area contributed by atoms with Gasteiger partial charge in [0.1, 0.15) is 6.04 Å². The van der Waals surface area contributed by atoms with Crippen LogP contribution in [0.1, 0.15) is 25.7 Å². The summed E-state index contributed by atoms with van der Waals surface area (Å²) >= 11 is 0. The molecular formula is C8H15NO2S2. The lowest BCUT2D eigenvalue weighted by Gasteiger charge is -2.09. The molecule has 0 unspecified atom stereocenters. The number of carbonyl (C=O) groups is 1. The molecule has 76 valence electrons. The van der Waals surface area contributed by atoms with Gasteiger partial charge in [-0.15, -0.1) is 0 Å². The van der Waals surface area contributed by atoms with E-state index in [9.17, 15) is 4.79 Å². The third-order valence-electron chi connectivity index (χ3n) is 2.07. The van der Waals surface area contributed by atoms with Crippen LogP contribution in [-0.2, 0) is 4.79 Å². The van der Waals surface area contributed by atoms with Crippen molar-refractivity contribution in [1.82, 2.24) is 0 Å². The van der Waals surface area contributed by atoms with E-state index in [0.29, 0.717) is 5.75 Å². The van der Waals surface area contributed by atoms with E-state index in [1.807, 2.05) is 0 Å². The Balaban J connectivity index is 2.02. The molecule has 3 nitrogen and oxygen atoms in total. The van der Waals surface area contributed by atoms with E-state index in [0.717, 1.165) is 5.25 Å². The van der Waals surface area contributed by atoms with E-state index in [-0.39, 0.29) is 0 Å². The van der Waals surface area contributed by atoms with Crippen molar-refractivity contribution in [3.05, 3.63) is 0 Å². The first-order chi connectivity index (χ1) is 6.20. The standard InChI is InChI=1S/C8H15NO2S2/c9-7(8(10)11)5-12-13-6-3-1-2-4-6/h6-7H,1-5,9H2,(H,10,11)/t7-/m0/s1. The summed E-state index contributed by atoms with van der Waals surface area (Å²) in [7, 11) is 3.40. The van der Waals surface area contributed by atoms with E-state index in [1.165, 1.54) is 25.7 Å². The van der Waals surface area contributed by atoms with Crippen LogP contribution in [0.15, 0.2) is 0 Å². The zero-order chi connectivity index (χ0) is 9.68. The van der Waals surface area contributed by atoms with Gasteiger partial charge in [-0.2, -0.15) is 0 Å². The zero-order valence-electron chi connectivity index (χ0n) is 7.44. The van der Waals surface area contributed by atoms with Gasteiger partial charge in [0.05, 0.1) is 0 Å². The fourth-order valence-electron chi connectivity index (χ4n) is 1.26. The molecule has 0 bridgehead atoms. The predicted octanol–water partition coefficient (Wildman–Crippen LogP) is 1.72. The maximum Gasteiger partial charge on any atom is 0.321 e. The van der Waals surface area contributed by atoms with Crippen LogP contribution < -0.4 is 5.73 Å². The van der Waals surface area contributed by atoms with Gasteiger partial charge in [0.2, 0.25) is 0 Å². The van der Waals surface area contributed by atoms with Crippen molar-refractivity contribution in [2.45, 2.75) is 37.0 Å². The van der Waals surface area contributed by atoms with E-state index < -0.39 is 12.0 Å². The average Bonchev–Trinajstić information content (AvgIpc) is 2.56. The lowest BCUT2D eigenvalue weighted by atomic mass is 10.4. The Morgan fingerprint density at radius 2 is 2.15 bits per heavy atom. The van der Waals surface area contributed by atoms with Crippen molar-refractivity contribution in [3.63, 3.8) is 0 Å². The van der Waals surface area contributed by atoms with E-state index in [2.05, 4.69) is 0 Å². The van der Waals surface area contributed by atoms with Gasteiger partial charge in [0.15, 0.2) is 0 Å². The van der Waals surface area contributed by atoms with Crippen LogP contribution in [-0.4, -0.2) is 28.1 Å². The highest BCUT2D eigenvalue weighted by atomic mass is 33.1. The number of rotatable bonds is 5. The minimum Gasteiger partial charge on any atom is -0.480 e. The van der Waals surface area contributed by atoms with Gasteiger partial charge in [-0.05, 0) is 12.8 Å². The highest BCUT2D eigenvalue weighted by Crippen LogP contribution is 2.37. The summed E-state index contributed by atoms with van der Waals surface area (Å²) in [6, 6.07) is -0.709. The van der Waals surface area contributed by atoms with E-state index >= 15 is 0 Å². The number of carboxylic acids is 1. The smallest absolute Gasteiger partial charge is 0.321 e. The Bertz CT molecular complexity index is 172. The molecule has 0 aromatic carbocycles. The number of hydrogen-bond donors (Lipinski definition) is 2. The molecule has 0 heterocycles. The molecule has 5 heteroatoms. The predicted molar refractivity (Wildman–Crippen MR) is 57.9 cm³/mol. The van der Waals surface area contributed by atoms with Crippen molar-refractivity contribution in [1.29, 1.82) is 0 Å². The molecule has 0 amide bonds. The Labute approximate surface area is 86.2 Å². The first kappa shape index (κ1) is 11.2. The minimum atomic E-state index is -0.903. The summed E-state index contributed by atoms with van der Waals surface area (Å²) in [5.41, 5.74) is 5.37. The first-order valence-corrected chi connectivity index (χ1v) is 6.85. The molecule has 3 N–H and O–H groups in total. The topological polar surface area (TPSA) is 63.3 Å². The summed E-state index contributed by atoms with van der Waals surface area (Å²) in [5.74, 6) is -0.393. The van der Waals surface area contributed by atoms with Gasteiger partial charge < -0.3 is 10.8 Å². The summed E-state index contributed by atoms with van der Waals surface area (Å²) in [5, 5.41) is 9.25. The van der Waals surface area contributed by atoms with Crippen molar-refractivity contribution < 1.29 is 9.90 Å². The third-order valence-corrected chi connectivity index (χ3v) is 5.08. The summed E-state index contributed by atoms with van der Waals surface area (Å²) in [6.07, 6.45) is 5.20. The minimum absolute atomic E-state index is 0.510. The highest BCUT2D eigenvalue weighted by Gasteiger charge is 2.17. The highest BCUT2D eigenvalue weighted by molar-refractivity contribution is 8.77. The molecule has 1 fully saturated rings. The first-order valence-electron chi connectivity index (χ1n) is 4.47. The Morgan fingerprint density at radius 3 is 2.69 bits per heavy atom. The SMILES string of the molecule is N[C@@H](CSSC1CCCC1)C(=O)O. The maximum absolute atomic E-state index is 10.4. The Kier molecular flexibility index (Phi) is 4.98. The second-order valence-corrected chi connectivity index (χ2v) is 5.94. The molecule has 0 aliphatic heterocycles. The molecular weight excluding hydrogens is 206 g/mol. The largest absolute Gasteiger partial charge is 0.480 e. The monoisotopic (exact) mass is 221 g/mol. The Morgan fingerprint density at radius 1 is 1.54 bits per heavy atom. The van der Waals surface area contributed by atoms with Crippen LogP contribution in [0.25, 0.3) is 0 Å². The molecule has 0 aromatic heterocycles. The molecule has 1 aliphatic rings. The van der Waals surface area contributed by atoms with Crippen molar-refractivity contribution in [2.24, 2.45) is 5.73 Å². The molecule has 0 saturated heterocycles. The molecule has 1 aliphatic carbocycles. The second-order valence-electron chi connectivity index (χ2n) is 3.23. The maximum atomic E-state index is 10.4. The number of carboxylic acid groups (broad SMARTS) is 1. The van der Waals surface area contributed by atoms with Gasteiger partial charge in [-0.1, -0.05) is 34.4 Å². The van der Waals surface area contributed by atoms with Crippen molar-refractivity contribution in [2.75, 3.05) is 5.75 Å². The fraction of sp³-hybridized carbons (Fsp3) is 0.875. The normalized spacial score (nSPS) is 20.4. The number of aliphatic carboxylic acids is 1. The molecule has 1 saturated carbocycles. The van der Waals surface area contributed by atoms with Gasteiger partial charge in [0.25, 0.3) is 0 Å². The quantitative estimate of drug-likeness (QED) is 0.692. The van der Waals surface area contributed by atoms with Crippen LogP contribution in [0, 0.1) is 0 Å². The summed E-state index contributed by atoms with van der Waals surface area (Å²) < 4.78 is 0. The molecule has 0 aromatic rings. The lowest BCUT2D eigenvalue weighted by molar-refractivity contribution is -0.137. The van der Waals surface area contributed by atoms with Gasteiger partial charge >= 0.3 is 5.97 Å². The summed E-state index contributed by atoms with van der Waals surface area (Å²) in [6.45, 7) is 0. The Hall–Kier alpha value is 0.130. The summed E-state index contributed by atoms with van der Waals surface area (Å²) in [4.78, 5) is 10.4. The van der Waals surface area contributed by atoms with Gasteiger partial charge in [-0.3, -0.25) is 4.79 Å². The van der Waals surface area contributed by atoms with Crippen LogP contribution in [0.2, 0.25) is 0 Å². The molecule has 0 radical (unpaired) electrons. The van der Waals surface area contributed by atoms with Crippen LogP contribution >= 0.6 is 21.6 Å². The van der Waals surface area contributed by atoms with Gasteiger partial charge in [0, 0.05) is 11.0 Å². The fourth-order valence-corrected chi connectivity index (χ4v) is 4.18. The average molecular weight is 221 g/mol. The van der Waals surface area contributed by atoms with Crippen LogP contribution in [0.3, 0.4) is 0 Å². The molecule has 1 atom stereocenters. The number of nitrogens with two attached hydrogens (primary N) is 1. The van der Waals surface area contributed by atoms with Crippen LogP contribution in [0.4, 0.5) is 0 Å². The van der Waals surface area contributed by atoms with Crippen molar-refractivity contribution in [3.8, 4) is 0 Å². The third kappa shape index (κ3) is 4.24.